The van der Waals surface area contributed by atoms with Gasteiger partial charge in [0.05, 0.1) is 6.10 Å². The maximum Gasteiger partial charge on any atom is 0.119 e. The van der Waals surface area contributed by atoms with Crippen molar-refractivity contribution in [3.8, 4) is 5.75 Å². The van der Waals surface area contributed by atoms with E-state index in [1.165, 1.54) is 36.8 Å². The van der Waals surface area contributed by atoms with Crippen molar-refractivity contribution >= 4 is 0 Å². The van der Waals surface area contributed by atoms with Gasteiger partial charge in [-0.1, -0.05) is 19.1 Å². The molecule has 1 fully saturated rings. The molecule has 0 radical (unpaired) electrons. The van der Waals surface area contributed by atoms with E-state index in [9.17, 15) is 0 Å². The molecule has 1 aromatic carbocycles. The van der Waals surface area contributed by atoms with E-state index in [0.717, 1.165) is 24.8 Å². The van der Waals surface area contributed by atoms with Gasteiger partial charge in [-0.25, -0.2) is 0 Å². The number of aryl methyl sites for hydroxylation is 1. The van der Waals surface area contributed by atoms with E-state index in [1.807, 2.05) is 12.4 Å². The third kappa shape index (κ3) is 5.57. The van der Waals surface area contributed by atoms with Gasteiger partial charge in [-0.3, -0.25) is 4.98 Å². The van der Waals surface area contributed by atoms with Crippen LogP contribution in [0, 0.1) is 18.8 Å². The molecular weight excluding hydrogens is 308 g/mol. The first-order chi connectivity index (χ1) is 12.2. The molecule has 25 heavy (non-hydrogen) atoms. The Morgan fingerprint density at radius 2 is 2.04 bits per heavy atom. The molecule has 0 spiro atoms. The summed E-state index contributed by atoms with van der Waals surface area (Å²) in [5, 5.41) is 3.60. The van der Waals surface area contributed by atoms with E-state index in [0.29, 0.717) is 12.0 Å². The summed E-state index contributed by atoms with van der Waals surface area (Å²) >= 11 is 0. The van der Waals surface area contributed by atoms with Crippen LogP contribution in [0.3, 0.4) is 0 Å². The normalized spacial score (nSPS) is 21.7. The van der Waals surface area contributed by atoms with Crippen molar-refractivity contribution < 1.29 is 4.74 Å². The summed E-state index contributed by atoms with van der Waals surface area (Å²) in [6.45, 7) is 6.47. The van der Waals surface area contributed by atoms with Crippen molar-refractivity contribution in [1.82, 2.24) is 10.3 Å². The van der Waals surface area contributed by atoms with Crippen LogP contribution in [-0.4, -0.2) is 17.6 Å². The summed E-state index contributed by atoms with van der Waals surface area (Å²) in [7, 11) is 0. The molecule has 1 aliphatic carbocycles. The predicted octanol–water partition coefficient (Wildman–Crippen LogP) is 4.75. The Hall–Kier alpha value is -1.87. The molecule has 0 amide bonds. The summed E-state index contributed by atoms with van der Waals surface area (Å²) < 4.78 is 6.26. The second-order valence-electron chi connectivity index (χ2n) is 7.45. The van der Waals surface area contributed by atoms with Crippen LogP contribution in [0.15, 0.2) is 48.8 Å². The fourth-order valence-electron chi connectivity index (χ4n) is 3.80. The molecule has 2 aromatic rings. The maximum absolute atomic E-state index is 6.26. The number of benzene rings is 1. The van der Waals surface area contributed by atoms with Crippen LogP contribution >= 0.6 is 0 Å². The minimum atomic E-state index is 0.364. The van der Waals surface area contributed by atoms with Crippen molar-refractivity contribution in [2.24, 2.45) is 11.8 Å². The Morgan fingerprint density at radius 1 is 1.20 bits per heavy atom. The Bertz CT molecular complexity index is 643. The van der Waals surface area contributed by atoms with E-state index < -0.39 is 0 Å². The lowest BCUT2D eigenvalue weighted by Crippen LogP contribution is -2.33. The van der Waals surface area contributed by atoms with Crippen LogP contribution in [0.2, 0.25) is 0 Å². The summed E-state index contributed by atoms with van der Waals surface area (Å²) in [6.07, 6.45) is 9.03. The lowest BCUT2D eigenvalue weighted by molar-refractivity contribution is 0.102. The quantitative estimate of drug-likeness (QED) is 0.791. The van der Waals surface area contributed by atoms with Crippen LogP contribution in [0.4, 0.5) is 0 Å². The monoisotopic (exact) mass is 338 g/mol. The van der Waals surface area contributed by atoms with Gasteiger partial charge in [0, 0.05) is 18.9 Å². The molecule has 3 heteroatoms. The number of pyridine rings is 1. The molecule has 3 atom stereocenters. The van der Waals surface area contributed by atoms with Crippen LogP contribution in [0.1, 0.15) is 43.7 Å². The number of rotatable bonds is 7. The van der Waals surface area contributed by atoms with Gasteiger partial charge in [0.15, 0.2) is 0 Å². The first-order valence-corrected chi connectivity index (χ1v) is 9.53. The first-order valence-electron chi connectivity index (χ1n) is 9.53. The summed E-state index contributed by atoms with van der Waals surface area (Å²) in [5.74, 6) is 2.44. The van der Waals surface area contributed by atoms with Gasteiger partial charge >= 0.3 is 0 Å². The highest BCUT2D eigenvalue weighted by Gasteiger charge is 2.27. The summed E-state index contributed by atoms with van der Waals surface area (Å²) in [5.41, 5.74) is 2.56. The Labute approximate surface area is 151 Å². The van der Waals surface area contributed by atoms with Crippen LogP contribution < -0.4 is 10.1 Å². The minimum absolute atomic E-state index is 0.364. The molecule has 0 saturated heterocycles. The molecule has 3 nitrogen and oxygen atoms in total. The lowest BCUT2D eigenvalue weighted by Gasteiger charge is -2.33. The van der Waals surface area contributed by atoms with E-state index in [4.69, 9.17) is 4.74 Å². The SMILES string of the molecule is Cc1cccc(O[C@@H]2CCCC(C(C)CNCc3ccncc3)C2)c1. The van der Waals surface area contributed by atoms with Gasteiger partial charge in [-0.2, -0.15) is 0 Å². The van der Waals surface area contributed by atoms with E-state index in [1.54, 1.807) is 0 Å². The maximum atomic E-state index is 6.26. The molecule has 1 heterocycles. The second-order valence-corrected chi connectivity index (χ2v) is 7.45. The molecule has 2 unspecified atom stereocenters. The predicted molar refractivity (Wildman–Crippen MR) is 103 cm³/mol. The first kappa shape index (κ1) is 17.9. The molecule has 3 rings (SSSR count). The number of nitrogens with zero attached hydrogens (tertiary/aromatic N) is 1. The molecule has 1 saturated carbocycles. The fraction of sp³-hybridized carbons (Fsp3) is 0.500. The highest BCUT2D eigenvalue weighted by Crippen LogP contribution is 2.32. The zero-order valence-corrected chi connectivity index (χ0v) is 15.4. The van der Waals surface area contributed by atoms with Crippen LogP contribution in [-0.2, 0) is 6.54 Å². The van der Waals surface area contributed by atoms with E-state index in [-0.39, 0.29) is 0 Å². The van der Waals surface area contributed by atoms with E-state index >= 15 is 0 Å². The van der Waals surface area contributed by atoms with Gasteiger partial charge < -0.3 is 10.1 Å². The number of hydrogen-bond donors (Lipinski definition) is 1. The standard InChI is InChI=1S/C22H30N2O/c1-17-5-3-7-21(13-17)25-22-8-4-6-20(14-22)18(2)15-24-16-19-9-11-23-12-10-19/h3,5,7,9-13,18,20,22,24H,4,6,8,14-16H2,1-2H3/t18?,20?,22-/m1/s1. The third-order valence-corrected chi connectivity index (χ3v) is 5.31. The Kier molecular flexibility index (Phi) is 6.46. The molecule has 134 valence electrons. The van der Waals surface area contributed by atoms with E-state index in [2.05, 4.69) is 60.5 Å². The summed E-state index contributed by atoms with van der Waals surface area (Å²) in [4.78, 5) is 4.07. The number of ether oxygens (including phenoxy) is 1. The van der Waals surface area contributed by atoms with Gasteiger partial charge in [-0.05, 0) is 86.4 Å². The zero-order chi connectivity index (χ0) is 17.5. The van der Waals surface area contributed by atoms with Crippen LogP contribution in [0.5, 0.6) is 5.75 Å². The van der Waals surface area contributed by atoms with Crippen molar-refractivity contribution in [2.75, 3.05) is 6.54 Å². The molecule has 0 bridgehead atoms. The average Bonchev–Trinajstić information content (AvgIpc) is 2.63. The largest absolute Gasteiger partial charge is 0.490 e. The highest BCUT2D eigenvalue weighted by atomic mass is 16.5. The molecule has 1 aliphatic rings. The smallest absolute Gasteiger partial charge is 0.119 e. The van der Waals surface area contributed by atoms with Crippen LogP contribution in [0.25, 0.3) is 0 Å². The van der Waals surface area contributed by atoms with Crippen molar-refractivity contribution in [3.63, 3.8) is 0 Å². The molecular formula is C22H30N2O. The Morgan fingerprint density at radius 3 is 2.84 bits per heavy atom. The minimum Gasteiger partial charge on any atom is -0.490 e. The molecule has 1 aromatic heterocycles. The van der Waals surface area contributed by atoms with Gasteiger partial charge in [0.1, 0.15) is 5.75 Å². The third-order valence-electron chi connectivity index (χ3n) is 5.31. The summed E-state index contributed by atoms with van der Waals surface area (Å²) in [6, 6.07) is 12.6. The van der Waals surface area contributed by atoms with Crippen molar-refractivity contribution in [2.45, 2.75) is 52.2 Å². The Balaban J connectivity index is 1.45. The second kappa shape index (κ2) is 9.00. The van der Waals surface area contributed by atoms with Gasteiger partial charge in [0.25, 0.3) is 0 Å². The fourth-order valence-corrected chi connectivity index (χ4v) is 3.80. The topological polar surface area (TPSA) is 34.1 Å². The van der Waals surface area contributed by atoms with Crippen molar-refractivity contribution in [3.05, 3.63) is 59.9 Å². The average molecular weight is 338 g/mol. The molecule has 0 aliphatic heterocycles. The van der Waals surface area contributed by atoms with Crippen molar-refractivity contribution in [1.29, 1.82) is 0 Å². The lowest BCUT2D eigenvalue weighted by atomic mass is 9.79. The van der Waals surface area contributed by atoms with Gasteiger partial charge in [-0.15, -0.1) is 0 Å². The molecule has 1 N–H and O–H groups in total. The van der Waals surface area contributed by atoms with Gasteiger partial charge in [0.2, 0.25) is 0 Å². The number of hydrogen-bond acceptors (Lipinski definition) is 3. The highest BCUT2D eigenvalue weighted by molar-refractivity contribution is 5.27. The number of nitrogens with one attached hydrogen (secondary N) is 1. The zero-order valence-electron chi connectivity index (χ0n) is 15.4. The number of aromatic nitrogens is 1.